The van der Waals surface area contributed by atoms with Crippen molar-refractivity contribution in [2.75, 3.05) is 18.5 Å². The van der Waals surface area contributed by atoms with Crippen molar-refractivity contribution in [3.8, 4) is 11.5 Å². The van der Waals surface area contributed by atoms with Gasteiger partial charge in [0.25, 0.3) is 0 Å². The summed E-state index contributed by atoms with van der Waals surface area (Å²) >= 11 is 3.43. The largest absolute Gasteiger partial charge is 0.544 e. The summed E-state index contributed by atoms with van der Waals surface area (Å²) in [5.74, 6) is 0.552. The van der Waals surface area contributed by atoms with Crippen LogP contribution in [0.5, 0.6) is 11.5 Å². The fourth-order valence-corrected chi connectivity index (χ4v) is 4.65. The highest BCUT2D eigenvalue weighted by Gasteiger charge is 2.38. The van der Waals surface area contributed by atoms with Gasteiger partial charge in [-0.1, -0.05) is 67.7 Å². The first-order valence-electron chi connectivity index (χ1n) is 11.5. The number of unbranched alkanes of at least 4 members (excludes halogenated alkanes) is 3. The van der Waals surface area contributed by atoms with Gasteiger partial charge in [-0.05, 0) is 60.3 Å². The van der Waals surface area contributed by atoms with Gasteiger partial charge >= 0.3 is 0 Å². The van der Waals surface area contributed by atoms with E-state index in [4.69, 9.17) is 9.16 Å². The molecule has 178 valence electrons. The van der Waals surface area contributed by atoms with Gasteiger partial charge in [-0.2, -0.15) is 0 Å². The van der Waals surface area contributed by atoms with Crippen LogP contribution in [0.4, 0.5) is 4.39 Å². The van der Waals surface area contributed by atoms with Crippen LogP contribution in [-0.4, -0.2) is 32.0 Å². The van der Waals surface area contributed by atoms with Crippen molar-refractivity contribution in [1.82, 2.24) is 0 Å². The number of hydrogen-bond acceptors (Lipinski definition) is 3. The fourth-order valence-electron chi connectivity index (χ4n) is 3.22. The van der Waals surface area contributed by atoms with Crippen LogP contribution in [0.2, 0.25) is 18.1 Å². The summed E-state index contributed by atoms with van der Waals surface area (Å²) in [5.41, 5.74) is 1.32. The number of alkyl halides is 1. The SMILES string of the molecule is CC(C)(C)[Si](C)(C)Oc1ccc([C@H](CO)c2ccc(OCCCCCCBr)cc2F)cc1. The molecule has 1 N–H and O–H groups in total. The van der Waals surface area contributed by atoms with Crippen molar-refractivity contribution in [2.24, 2.45) is 0 Å². The van der Waals surface area contributed by atoms with Crippen LogP contribution < -0.4 is 9.16 Å². The molecule has 0 aliphatic heterocycles. The van der Waals surface area contributed by atoms with E-state index in [-0.39, 0.29) is 17.5 Å². The summed E-state index contributed by atoms with van der Waals surface area (Å²) < 4.78 is 26.9. The molecule has 2 rings (SSSR count). The highest BCUT2D eigenvalue weighted by molar-refractivity contribution is 9.09. The third kappa shape index (κ3) is 7.60. The second-order valence-corrected chi connectivity index (χ2v) is 15.3. The number of aliphatic hydroxyl groups is 1. The van der Waals surface area contributed by atoms with E-state index in [0.29, 0.717) is 17.9 Å². The normalized spacial score (nSPS) is 13.1. The van der Waals surface area contributed by atoms with Crippen LogP contribution in [0.1, 0.15) is 63.5 Å². The van der Waals surface area contributed by atoms with E-state index < -0.39 is 14.2 Å². The van der Waals surface area contributed by atoms with Gasteiger partial charge in [0, 0.05) is 17.3 Å². The standard InChI is InChI=1S/C26H38BrFO3Si/c1-26(2,3)32(4,5)31-21-12-10-20(11-13-21)24(19-29)23-15-14-22(18-25(23)28)30-17-9-7-6-8-16-27/h10-15,18,24,29H,6-9,16-17,19H2,1-5H3/t24-/m0/s1. The molecule has 0 saturated carbocycles. The number of ether oxygens (including phenoxy) is 1. The van der Waals surface area contributed by atoms with Gasteiger partial charge in [0.2, 0.25) is 8.32 Å². The topological polar surface area (TPSA) is 38.7 Å². The molecule has 0 heterocycles. The van der Waals surface area contributed by atoms with Crippen molar-refractivity contribution >= 4 is 24.2 Å². The zero-order chi connectivity index (χ0) is 23.8. The smallest absolute Gasteiger partial charge is 0.250 e. The maximum absolute atomic E-state index is 14.9. The van der Waals surface area contributed by atoms with Crippen molar-refractivity contribution < 1.29 is 18.7 Å². The molecule has 2 aromatic rings. The number of aliphatic hydroxyl groups excluding tert-OH is 1. The van der Waals surface area contributed by atoms with Gasteiger partial charge in [0.05, 0.1) is 13.2 Å². The summed E-state index contributed by atoms with van der Waals surface area (Å²) in [5, 5.41) is 11.1. The lowest BCUT2D eigenvalue weighted by Gasteiger charge is -2.36. The molecule has 0 aliphatic carbocycles. The molecular weight excluding hydrogens is 487 g/mol. The number of rotatable bonds is 12. The maximum atomic E-state index is 14.9. The molecule has 32 heavy (non-hydrogen) atoms. The Hall–Kier alpha value is -1.37. The summed E-state index contributed by atoms with van der Waals surface area (Å²) in [6.07, 6.45) is 4.39. The Labute approximate surface area is 202 Å². The van der Waals surface area contributed by atoms with Crippen LogP contribution in [0, 0.1) is 5.82 Å². The first-order valence-corrected chi connectivity index (χ1v) is 15.5. The quantitative estimate of drug-likeness (QED) is 0.176. The molecule has 0 saturated heterocycles. The zero-order valence-corrected chi connectivity index (χ0v) is 22.7. The molecule has 0 bridgehead atoms. The highest BCUT2D eigenvalue weighted by atomic mass is 79.9. The predicted octanol–water partition coefficient (Wildman–Crippen LogP) is 7.67. The van der Waals surface area contributed by atoms with E-state index in [1.54, 1.807) is 12.1 Å². The van der Waals surface area contributed by atoms with Crippen LogP contribution in [-0.2, 0) is 0 Å². The third-order valence-corrected chi connectivity index (χ3v) is 11.2. The summed E-state index contributed by atoms with van der Waals surface area (Å²) in [7, 11) is -1.92. The lowest BCUT2D eigenvalue weighted by molar-refractivity contribution is 0.277. The Morgan fingerprint density at radius 1 is 0.969 bits per heavy atom. The molecular formula is C26H38BrFO3Si. The third-order valence-electron chi connectivity index (χ3n) is 6.29. The molecule has 0 amide bonds. The number of hydrogen-bond donors (Lipinski definition) is 1. The van der Waals surface area contributed by atoms with E-state index in [2.05, 4.69) is 49.8 Å². The van der Waals surface area contributed by atoms with Crippen LogP contribution >= 0.6 is 15.9 Å². The van der Waals surface area contributed by atoms with Gasteiger partial charge in [0.15, 0.2) is 0 Å². The first kappa shape index (κ1) is 26.9. The molecule has 1 atom stereocenters. The van der Waals surface area contributed by atoms with Gasteiger partial charge in [-0.3, -0.25) is 0 Å². The number of benzene rings is 2. The van der Waals surface area contributed by atoms with Crippen LogP contribution in [0.15, 0.2) is 42.5 Å². The maximum Gasteiger partial charge on any atom is 0.250 e. The molecule has 6 heteroatoms. The molecule has 0 radical (unpaired) electrons. The van der Waals surface area contributed by atoms with Gasteiger partial charge in [0.1, 0.15) is 17.3 Å². The average Bonchev–Trinajstić information content (AvgIpc) is 2.72. The fraction of sp³-hybridized carbons (Fsp3) is 0.538. The van der Waals surface area contributed by atoms with Crippen molar-refractivity contribution in [3.05, 3.63) is 59.4 Å². The Bertz CT molecular complexity index is 834. The van der Waals surface area contributed by atoms with E-state index >= 15 is 0 Å². The zero-order valence-electron chi connectivity index (χ0n) is 20.1. The summed E-state index contributed by atoms with van der Waals surface area (Å²) in [6.45, 7) is 11.4. The van der Waals surface area contributed by atoms with E-state index in [1.165, 1.54) is 12.5 Å². The van der Waals surface area contributed by atoms with Gasteiger partial charge in [-0.25, -0.2) is 4.39 Å². The van der Waals surface area contributed by atoms with E-state index in [1.807, 2.05) is 24.3 Å². The Morgan fingerprint density at radius 2 is 1.59 bits per heavy atom. The lowest BCUT2D eigenvalue weighted by Crippen LogP contribution is -2.43. The van der Waals surface area contributed by atoms with Crippen molar-refractivity contribution in [2.45, 2.75) is 70.5 Å². The van der Waals surface area contributed by atoms with Gasteiger partial charge in [-0.15, -0.1) is 0 Å². The summed E-state index contributed by atoms with van der Waals surface area (Å²) in [6, 6.07) is 12.6. The lowest BCUT2D eigenvalue weighted by atomic mass is 9.91. The van der Waals surface area contributed by atoms with E-state index in [0.717, 1.165) is 35.9 Å². The molecule has 3 nitrogen and oxygen atoms in total. The second-order valence-electron chi connectivity index (χ2n) is 9.80. The average molecular weight is 526 g/mol. The first-order chi connectivity index (χ1) is 15.1. The molecule has 0 aliphatic rings. The predicted molar refractivity (Wildman–Crippen MR) is 137 cm³/mol. The van der Waals surface area contributed by atoms with Crippen LogP contribution in [0.3, 0.4) is 0 Å². The Kier molecular flexibility index (Phi) is 10.2. The Balaban J connectivity index is 2.05. The van der Waals surface area contributed by atoms with Crippen molar-refractivity contribution in [3.63, 3.8) is 0 Å². The van der Waals surface area contributed by atoms with E-state index in [9.17, 15) is 9.50 Å². The number of halogens is 2. The molecule has 2 aromatic carbocycles. The highest BCUT2D eigenvalue weighted by Crippen LogP contribution is 2.38. The minimum Gasteiger partial charge on any atom is -0.544 e. The minimum atomic E-state index is -1.92. The van der Waals surface area contributed by atoms with Gasteiger partial charge < -0.3 is 14.3 Å². The second kappa shape index (κ2) is 12.2. The minimum absolute atomic E-state index is 0.111. The van der Waals surface area contributed by atoms with Crippen LogP contribution in [0.25, 0.3) is 0 Å². The monoisotopic (exact) mass is 524 g/mol. The molecule has 0 spiro atoms. The Morgan fingerprint density at radius 3 is 2.16 bits per heavy atom. The molecule has 0 unspecified atom stereocenters. The summed E-state index contributed by atoms with van der Waals surface area (Å²) in [4.78, 5) is 0. The molecule has 0 aromatic heterocycles. The van der Waals surface area contributed by atoms with Crippen molar-refractivity contribution in [1.29, 1.82) is 0 Å². The molecule has 0 fully saturated rings.